The minimum atomic E-state index is -0.926. The number of rotatable bonds is 7. The average molecular weight is 265 g/mol. The van der Waals surface area contributed by atoms with Crippen LogP contribution in [0, 0.1) is 0 Å². The first kappa shape index (κ1) is 15.2. The molecule has 5 nitrogen and oxygen atoms in total. The summed E-state index contributed by atoms with van der Waals surface area (Å²) in [6, 6.07) is 6.88. The van der Waals surface area contributed by atoms with Crippen LogP contribution in [-0.2, 0) is 20.7 Å². The third-order valence-corrected chi connectivity index (χ3v) is 2.41. The van der Waals surface area contributed by atoms with Gasteiger partial charge in [-0.1, -0.05) is 18.2 Å². The molecule has 1 aromatic carbocycles. The lowest BCUT2D eigenvalue weighted by Gasteiger charge is -2.10. The Bertz CT molecular complexity index is 443. The van der Waals surface area contributed by atoms with Gasteiger partial charge < -0.3 is 15.2 Å². The van der Waals surface area contributed by atoms with E-state index in [1.54, 1.807) is 24.3 Å². The van der Waals surface area contributed by atoms with E-state index in [0.717, 1.165) is 0 Å². The molecule has 0 atom stereocenters. The zero-order chi connectivity index (χ0) is 14.3. The van der Waals surface area contributed by atoms with Gasteiger partial charge in [-0.3, -0.25) is 9.59 Å². The molecule has 1 rings (SSSR count). The van der Waals surface area contributed by atoms with Crippen LogP contribution in [0.15, 0.2) is 24.3 Å². The quantitative estimate of drug-likeness (QED) is 0.791. The van der Waals surface area contributed by atoms with Crippen molar-refractivity contribution in [3.63, 3.8) is 0 Å². The molecule has 0 radical (unpaired) electrons. The van der Waals surface area contributed by atoms with Crippen molar-refractivity contribution in [1.82, 2.24) is 0 Å². The number of hydrogen-bond acceptors (Lipinski definition) is 3. The molecule has 0 aliphatic carbocycles. The van der Waals surface area contributed by atoms with Crippen molar-refractivity contribution < 1.29 is 19.4 Å². The molecule has 0 saturated heterocycles. The maximum absolute atomic E-state index is 11.7. The average Bonchev–Trinajstić information content (AvgIpc) is 2.30. The number of benzene rings is 1. The van der Waals surface area contributed by atoms with Crippen molar-refractivity contribution in [2.24, 2.45) is 0 Å². The van der Waals surface area contributed by atoms with Gasteiger partial charge >= 0.3 is 5.97 Å². The third kappa shape index (κ3) is 6.01. The van der Waals surface area contributed by atoms with E-state index >= 15 is 0 Å². The fourth-order valence-electron chi connectivity index (χ4n) is 1.56. The van der Waals surface area contributed by atoms with Gasteiger partial charge in [-0.15, -0.1) is 0 Å². The Morgan fingerprint density at radius 1 is 1.32 bits per heavy atom. The van der Waals surface area contributed by atoms with Crippen molar-refractivity contribution in [3.05, 3.63) is 29.8 Å². The number of para-hydroxylation sites is 1. The van der Waals surface area contributed by atoms with Gasteiger partial charge in [0.2, 0.25) is 5.91 Å². The second-order valence-electron chi connectivity index (χ2n) is 4.45. The number of carboxylic acid groups (broad SMARTS) is 1. The number of amides is 1. The van der Waals surface area contributed by atoms with Gasteiger partial charge in [-0.2, -0.15) is 0 Å². The zero-order valence-corrected chi connectivity index (χ0v) is 11.2. The zero-order valence-electron chi connectivity index (χ0n) is 11.2. The predicted octanol–water partition coefficient (Wildman–Crippen LogP) is 2.07. The van der Waals surface area contributed by atoms with E-state index in [1.807, 2.05) is 13.8 Å². The Morgan fingerprint density at radius 3 is 2.63 bits per heavy atom. The van der Waals surface area contributed by atoms with E-state index in [-0.39, 0.29) is 24.9 Å². The highest BCUT2D eigenvalue weighted by atomic mass is 16.5. The number of nitrogens with one attached hydrogen (secondary N) is 1. The van der Waals surface area contributed by atoms with E-state index < -0.39 is 5.97 Å². The summed E-state index contributed by atoms with van der Waals surface area (Å²) in [5, 5.41) is 11.5. The number of carbonyl (C=O) groups is 2. The summed E-state index contributed by atoms with van der Waals surface area (Å²) in [6.07, 6.45) is 0.227. The number of hydrogen-bond donors (Lipinski definition) is 2. The molecule has 0 aromatic heterocycles. The lowest BCUT2D eigenvalue weighted by molar-refractivity contribution is -0.136. The first-order valence-electron chi connectivity index (χ1n) is 6.20. The summed E-state index contributed by atoms with van der Waals surface area (Å²) in [5.74, 6) is -1.11. The van der Waals surface area contributed by atoms with Crippen molar-refractivity contribution in [1.29, 1.82) is 0 Å². The molecule has 0 bridgehead atoms. The van der Waals surface area contributed by atoms with Gasteiger partial charge in [-0.05, 0) is 25.5 Å². The number of ether oxygens (including phenoxy) is 1. The predicted molar refractivity (Wildman–Crippen MR) is 72.1 cm³/mol. The van der Waals surface area contributed by atoms with Crippen LogP contribution in [-0.4, -0.2) is 29.7 Å². The van der Waals surface area contributed by atoms with E-state index in [9.17, 15) is 9.59 Å². The van der Waals surface area contributed by atoms with Crippen LogP contribution >= 0.6 is 0 Å². The van der Waals surface area contributed by atoms with Crippen LogP contribution in [0.3, 0.4) is 0 Å². The van der Waals surface area contributed by atoms with Gasteiger partial charge in [0.05, 0.1) is 25.6 Å². The maximum Gasteiger partial charge on any atom is 0.307 e. The lowest BCUT2D eigenvalue weighted by Crippen LogP contribution is -2.17. The van der Waals surface area contributed by atoms with Gasteiger partial charge in [0.1, 0.15) is 0 Å². The molecule has 5 heteroatoms. The van der Waals surface area contributed by atoms with Crippen LogP contribution in [0.1, 0.15) is 25.8 Å². The summed E-state index contributed by atoms with van der Waals surface area (Å²) < 4.78 is 5.29. The summed E-state index contributed by atoms with van der Waals surface area (Å²) in [7, 11) is 0. The summed E-state index contributed by atoms with van der Waals surface area (Å²) >= 11 is 0. The molecule has 19 heavy (non-hydrogen) atoms. The Kier molecular flexibility index (Phi) is 6.02. The molecule has 0 aliphatic rings. The Morgan fingerprint density at radius 2 is 2.00 bits per heavy atom. The Labute approximate surface area is 112 Å². The van der Waals surface area contributed by atoms with Gasteiger partial charge in [0.15, 0.2) is 0 Å². The first-order valence-corrected chi connectivity index (χ1v) is 6.20. The highest BCUT2D eigenvalue weighted by Gasteiger charge is 2.09. The molecule has 0 spiro atoms. The van der Waals surface area contributed by atoms with Crippen LogP contribution in [0.4, 0.5) is 5.69 Å². The molecule has 0 heterocycles. The Hall–Kier alpha value is -1.88. The molecule has 2 N–H and O–H groups in total. The molecule has 1 aromatic rings. The second-order valence-corrected chi connectivity index (χ2v) is 4.45. The molecule has 104 valence electrons. The highest BCUT2D eigenvalue weighted by Crippen LogP contribution is 2.16. The molecule has 0 fully saturated rings. The van der Waals surface area contributed by atoms with Gasteiger partial charge in [0.25, 0.3) is 0 Å². The second kappa shape index (κ2) is 7.53. The highest BCUT2D eigenvalue weighted by molar-refractivity contribution is 5.92. The van der Waals surface area contributed by atoms with Crippen molar-refractivity contribution in [2.75, 3.05) is 11.9 Å². The number of carbonyl (C=O) groups excluding carboxylic acids is 1. The largest absolute Gasteiger partial charge is 0.481 e. The molecule has 0 unspecified atom stereocenters. The number of carboxylic acids is 1. The summed E-state index contributed by atoms with van der Waals surface area (Å²) in [5.41, 5.74) is 1.13. The van der Waals surface area contributed by atoms with Crippen LogP contribution in [0.25, 0.3) is 0 Å². The smallest absolute Gasteiger partial charge is 0.307 e. The van der Waals surface area contributed by atoms with E-state index in [2.05, 4.69) is 5.32 Å². The normalized spacial score (nSPS) is 10.5. The fourth-order valence-corrected chi connectivity index (χ4v) is 1.56. The fraction of sp³-hybridized carbons (Fsp3) is 0.429. The number of aliphatic carboxylic acids is 1. The van der Waals surface area contributed by atoms with Crippen LogP contribution < -0.4 is 5.32 Å². The third-order valence-electron chi connectivity index (χ3n) is 2.41. The standard InChI is InChI=1S/C14H19NO4/c1-10(2)19-8-7-13(16)15-12-6-4-3-5-11(12)9-14(17)18/h3-6,10H,7-9H2,1-2H3,(H,15,16)(H,17,18). The molecular formula is C14H19NO4. The summed E-state index contributed by atoms with van der Waals surface area (Å²) in [6.45, 7) is 4.16. The SMILES string of the molecule is CC(C)OCCC(=O)Nc1ccccc1CC(=O)O. The topological polar surface area (TPSA) is 75.6 Å². The minimum absolute atomic E-state index is 0.0899. The van der Waals surface area contributed by atoms with Crippen LogP contribution in [0.5, 0.6) is 0 Å². The molecule has 0 saturated carbocycles. The van der Waals surface area contributed by atoms with Gasteiger partial charge in [-0.25, -0.2) is 0 Å². The van der Waals surface area contributed by atoms with E-state index in [1.165, 1.54) is 0 Å². The Balaban J connectivity index is 2.56. The maximum atomic E-state index is 11.7. The van der Waals surface area contributed by atoms with Crippen molar-refractivity contribution in [3.8, 4) is 0 Å². The van der Waals surface area contributed by atoms with Crippen molar-refractivity contribution >= 4 is 17.6 Å². The van der Waals surface area contributed by atoms with E-state index in [0.29, 0.717) is 17.9 Å². The number of anilines is 1. The molecule has 1 amide bonds. The monoisotopic (exact) mass is 265 g/mol. The lowest BCUT2D eigenvalue weighted by atomic mass is 10.1. The van der Waals surface area contributed by atoms with Gasteiger partial charge in [0, 0.05) is 5.69 Å². The van der Waals surface area contributed by atoms with Crippen molar-refractivity contribution in [2.45, 2.75) is 32.8 Å². The molecule has 0 aliphatic heterocycles. The minimum Gasteiger partial charge on any atom is -0.481 e. The van der Waals surface area contributed by atoms with E-state index in [4.69, 9.17) is 9.84 Å². The van der Waals surface area contributed by atoms with Crippen LogP contribution in [0.2, 0.25) is 0 Å². The summed E-state index contributed by atoms with van der Waals surface area (Å²) in [4.78, 5) is 22.4. The first-order chi connectivity index (χ1) is 8.99. The molecular weight excluding hydrogens is 246 g/mol.